The second-order valence-electron chi connectivity index (χ2n) is 4.88. The van der Waals surface area contributed by atoms with E-state index in [0.717, 1.165) is 0 Å². The molecule has 0 bridgehead atoms. The Labute approximate surface area is 126 Å². The van der Waals surface area contributed by atoms with Crippen LogP contribution in [0.5, 0.6) is 5.75 Å². The van der Waals surface area contributed by atoms with Gasteiger partial charge in [0.1, 0.15) is 23.2 Å². The molecule has 0 spiro atoms. The van der Waals surface area contributed by atoms with Crippen molar-refractivity contribution in [2.45, 2.75) is 25.3 Å². The fraction of sp³-hybridized carbons (Fsp3) is 0.250. The molecule has 0 aliphatic rings. The summed E-state index contributed by atoms with van der Waals surface area (Å²) in [5, 5.41) is -1.07. The average Bonchev–Trinajstić information content (AvgIpc) is 2.36. The summed E-state index contributed by atoms with van der Waals surface area (Å²) in [6.45, 7) is 3.73. The van der Waals surface area contributed by atoms with Crippen molar-refractivity contribution >= 4 is 11.6 Å². The highest BCUT2D eigenvalue weighted by atomic mass is 35.5. The lowest BCUT2D eigenvalue weighted by Crippen LogP contribution is -2.06. The monoisotopic (exact) mass is 314 g/mol. The molecule has 0 radical (unpaired) electrons. The minimum Gasteiger partial charge on any atom is -0.491 e. The minimum absolute atomic E-state index is 0.0340. The van der Waals surface area contributed by atoms with E-state index in [9.17, 15) is 13.2 Å². The molecule has 0 fully saturated rings. The van der Waals surface area contributed by atoms with Crippen molar-refractivity contribution in [3.8, 4) is 5.75 Å². The van der Waals surface area contributed by atoms with E-state index >= 15 is 0 Å². The molecule has 0 saturated carbocycles. The van der Waals surface area contributed by atoms with Crippen LogP contribution in [0.3, 0.4) is 0 Å². The van der Waals surface area contributed by atoms with Crippen LogP contribution < -0.4 is 4.74 Å². The Morgan fingerprint density at radius 2 is 1.62 bits per heavy atom. The van der Waals surface area contributed by atoms with Gasteiger partial charge in [0.15, 0.2) is 0 Å². The van der Waals surface area contributed by atoms with Crippen LogP contribution in [-0.4, -0.2) is 6.10 Å². The van der Waals surface area contributed by atoms with Gasteiger partial charge in [-0.3, -0.25) is 0 Å². The molecule has 0 saturated heterocycles. The van der Waals surface area contributed by atoms with Crippen molar-refractivity contribution < 1.29 is 17.9 Å². The molecule has 0 N–H and O–H groups in total. The van der Waals surface area contributed by atoms with Gasteiger partial charge in [-0.1, -0.05) is 12.1 Å². The Morgan fingerprint density at radius 1 is 1.00 bits per heavy atom. The Hall–Kier alpha value is -1.68. The minimum atomic E-state index is -1.07. The molecule has 2 aromatic carbocycles. The largest absolute Gasteiger partial charge is 0.491 e. The number of halogens is 4. The fourth-order valence-corrected chi connectivity index (χ4v) is 2.32. The molecule has 2 aromatic rings. The van der Waals surface area contributed by atoms with Gasteiger partial charge in [0.05, 0.1) is 11.5 Å². The van der Waals surface area contributed by atoms with Gasteiger partial charge in [0, 0.05) is 17.7 Å². The lowest BCUT2D eigenvalue weighted by Gasteiger charge is -2.15. The molecule has 0 aromatic heterocycles. The number of ether oxygens (including phenoxy) is 1. The highest BCUT2D eigenvalue weighted by Crippen LogP contribution is 2.34. The molecule has 1 nitrogen and oxygen atoms in total. The summed E-state index contributed by atoms with van der Waals surface area (Å²) in [7, 11) is 0. The van der Waals surface area contributed by atoms with Crippen molar-refractivity contribution in [1.82, 2.24) is 0 Å². The van der Waals surface area contributed by atoms with Crippen LogP contribution in [0.25, 0.3) is 0 Å². The summed E-state index contributed by atoms with van der Waals surface area (Å²) >= 11 is 6.15. The van der Waals surface area contributed by atoms with E-state index in [0.29, 0.717) is 23.4 Å². The van der Waals surface area contributed by atoms with Gasteiger partial charge in [0.25, 0.3) is 0 Å². The first-order chi connectivity index (χ1) is 9.88. The van der Waals surface area contributed by atoms with E-state index in [1.165, 1.54) is 0 Å². The second kappa shape index (κ2) is 6.39. The van der Waals surface area contributed by atoms with E-state index in [1.54, 1.807) is 24.3 Å². The highest BCUT2D eigenvalue weighted by molar-refractivity contribution is 6.22. The molecule has 1 unspecified atom stereocenters. The molecular formula is C16H14ClF3O. The van der Waals surface area contributed by atoms with E-state index in [2.05, 4.69) is 0 Å². The SMILES string of the molecule is CC(C)Oc1cccc(C(Cl)c2c(F)cc(F)cc2F)c1. The molecule has 0 heterocycles. The van der Waals surface area contributed by atoms with Crippen molar-refractivity contribution in [2.24, 2.45) is 0 Å². The van der Waals surface area contributed by atoms with Crippen molar-refractivity contribution in [2.75, 3.05) is 0 Å². The van der Waals surface area contributed by atoms with Crippen LogP contribution in [-0.2, 0) is 0 Å². The summed E-state index contributed by atoms with van der Waals surface area (Å²) in [6.07, 6.45) is -0.0340. The summed E-state index contributed by atoms with van der Waals surface area (Å²) in [5.41, 5.74) is 0.0963. The van der Waals surface area contributed by atoms with Crippen LogP contribution in [0.2, 0.25) is 0 Å². The van der Waals surface area contributed by atoms with Crippen molar-refractivity contribution in [3.05, 3.63) is 65.0 Å². The molecule has 0 amide bonds. The predicted octanol–water partition coefficient (Wildman–Crippen LogP) is 5.22. The number of hydrogen-bond acceptors (Lipinski definition) is 1. The summed E-state index contributed by atoms with van der Waals surface area (Å²) in [5.74, 6) is -2.45. The van der Waals surface area contributed by atoms with E-state index in [1.807, 2.05) is 13.8 Å². The Balaban J connectivity index is 2.38. The quantitative estimate of drug-likeness (QED) is 0.703. The first-order valence-corrected chi connectivity index (χ1v) is 6.87. The molecule has 5 heteroatoms. The first-order valence-electron chi connectivity index (χ1n) is 6.43. The first kappa shape index (κ1) is 15.7. The third-order valence-electron chi connectivity index (χ3n) is 2.82. The van der Waals surface area contributed by atoms with Crippen LogP contribution in [0.15, 0.2) is 36.4 Å². The third-order valence-corrected chi connectivity index (χ3v) is 3.29. The molecule has 0 aliphatic heterocycles. The smallest absolute Gasteiger partial charge is 0.134 e. The van der Waals surface area contributed by atoms with E-state index < -0.39 is 22.8 Å². The Bertz CT molecular complexity index is 620. The standard InChI is InChI=1S/C16H14ClF3O/c1-9(2)21-12-5-3-4-10(6-12)16(17)15-13(19)7-11(18)8-14(15)20/h3-9,16H,1-2H3. The zero-order valence-electron chi connectivity index (χ0n) is 11.5. The van der Waals surface area contributed by atoms with Crippen LogP contribution >= 0.6 is 11.6 Å². The zero-order valence-corrected chi connectivity index (χ0v) is 12.3. The second-order valence-corrected chi connectivity index (χ2v) is 5.32. The maximum Gasteiger partial charge on any atom is 0.134 e. The lowest BCUT2D eigenvalue weighted by atomic mass is 10.0. The van der Waals surface area contributed by atoms with Crippen LogP contribution in [0.1, 0.15) is 30.4 Å². The fourth-order valence-electron chi connectivity index (χ4n) is 1.98. The highest BCUT2D eigenvalue weighted by Gasteiger charge is 2.21. The van der Waals surface area contributed by atoms with Gasteiger partial charge in [-0.05, 0) is 31.5 Å². The van der Waals surface area contributed by atoms with Gasteiger partial charge in [-0.25, -0.2) is 13.2 Å². The molecule has 1 atom stereocenters. The Morgan fingerprint density at radius 3 is 2.19 bits per heavy atom. The topological polar surface area (TPSA) is 9.23 Å². The third kappa shape index (κ3) is 3.70. The number of benzene rings is 2. The zero-order chi connectivity index (χ0) is 15.6. The van der Waals surface area contributed by atoms with Crippen molar-refractivity contribution in [1.29, 1.82) is 0 Å². The van der Waals surface area contributed by atoms with Gasteiger partial charge >= 0.3 is 0 Å². The summed E-state index contributed by atoms with van der Waals surface area (Å²) in [4.78, 5) is 0. The van der Waals surface area contributed by atoms with Crippen molar-refractivity contribution in [3.63, 3.8) is 0 Å². The predicted molar refractivity (Wildman–Crippen MR) is 76.2 cm³/mol. The number of hydrogen-bond donors (Lipinski definition) is 0. The molecular weight excluding hydrogens is 301 g/mol. The molecule has 21 heavy (non-hydrogen) atoms. The Kier molecular flexibility index (Phi) is 4.78. The van der Waals surface area contributed by atoms with Gasteiger partial charge in [0.2, 0.25) is 0 Å². The van der Waals surface area contributed by atoms with Crippen LogP contribution in [0, 0.1) is 17.5 Å². The molecule has 2 rings (SSSR count). The maximum atomic E-state index is 13.8. The number of rotatable bonds is 4. The lowest BCUT2D eigenvalue weighted by molar-refractivity contribution is 0.242. The molecule has 112 valence electrons. The van der Waals surface area contributed by atoms with Crippen LogP contribution in [0.4, 0.5) is 13.2 Å². The van der Waals surface area contributed by atoms with E-state index in [-0.39, 0.29) is 11.7 Å². The normalized spacial score (nSPS) is 12.5. The van der Waals surface area contributed by atoms with Gasteiger partial charge < -0.3 is 4.74 Å². The average molecular weight is 315 g/mol. The number of alkyl halides is 1. The maximum absolute atomic E-state index is 13.8. The summed E-state index contributed by atoms with van der Waals surface area (Å²) < 4.78 is 46.0. The summed E-state index contributed by atoms with van der Waals surface area (Å²) in [6, 6.07) is 7.88. The van der Waals surface area contributed by atoms with Gasteiger partial charge in [-0.2, -0.15) is 0 Å². The molecule has 0 aliphatic carbocycles. The van der Waals surface area contributed by atoms with E-state index in [4.69, 9.17) is 16.3 Å². The van der Waals surface area contributed by atoms with Gasteiger partial charge in [-0.15, -0.1) is 11.6 Å².